The van der Waals surface area contributed by atoms with Crippen LogP contribution in [0.25, 0.3) is 0 Å². The third-order valence-corrected chi connectivity index (χ3v) is 0.289. The van der Waals surface area contributed by atoms with Crippen LogP contribution in [-0.4, -0.2) is 0 Å². The molecule has 0 aliphatic carbocycles. The van der Waals surface area contributed by atoms with Gasteiger partial charge in [0.1, 0.15) is 0 Å². The third kappa shape index (κ3) is 3.43. The molecule has 0 aromatic carbocycles. The standard InChI is InChI=1S/C5H7/c1-4-5(2)3/h1H,2-3H3/q-1. The molecule has 0 N–H and O–H groups in total. The molecule has 0 aromatic heterocycles. The molecular formula is C5H7-. The summed E-state index contributed by atoms with van der Waals surface area (Å²) < 4.78 is 0. The van der Waals surface area contributed by atoms with Gasteiger partial charge in [-0.3, -0.25) is 5.92 Å². The van der Waals surface area contributed by atoms with Crippen molar-refractivity contribution in [1.29, 1.82) is 0 Å². The van der Waals surface area contributed by atoms with Gasteiger partial charge in [0.25, 0.3) is 0 Å². The molecule has 0 aliphatic heterocycles. The summed E-state index contributed by atoms with van der Waals surface area (Å²) in [6.07, 6.45) is 4.88. The van der Waals surface area contributed by atoms with E-state index in [-0.39, 0.29) is 0 Å². The molecule has 0 fully saturated rings. The molecule has 0 nitrogen and oxygen atoms in total. The number of hydrogen-bond donors (Lipinski definition) is 0. The maximum absolute atomic E-state index is 4.88. The van der Waals surface area contributed by atoms with Crippen molar-refractivity contribution in [3.8, 4) is 12.3 Å². The Morgan fingerprint density at radius 2 is 1.80 bits per heavy atom. The third-order valence-electron chi connectivity index (χ3n) is 0.289. The molecule has 0 spiro atoms. The highest BCUT2D eigenvalue weighted by molar-refractivity contribution is 5.09. The van der Waals surface area contributed by atoms with Crippen molar-refractivity contribution in [2.75, 3.05) is 0 Å². The fraction of sp³-hybridized carbons (Fsp3) is 0.400. The van der Waals surface area contributed by atoms with E-state index in [4.69, 9.17) is 6.42 Å². The lowest BCUT2D eigenvalue weighted by Crippen LogP contribution is -1.68. The fourth-order valence-corrected chi connectivity index (χ4v) is 0. The van der Waals surface area contributed by atoms with Crippen molar-refractivity contribution in [3.63, 3.8) is 0 Å². The molecule has 0 amide bonds. The van der Waals surface area contributed by atoms with Crippen LogP contribution in [0.1, 0.15) is 13.8 Å². The molecule has 5 heavy (non-hydrogen) atoms. The molecule has 28 valence electrons. The summed E-state index contributed by atoms with van der Waals surface area (Å²) in [7, 11) is 0. The lowest BCUT2D eigenvalue weighted by Gasteiger charge is -1.95. The first-order valence-electron chi connectivity index (χ1n) is 1.54. The Morgan fingerprint density at radius 3 is 1.80 bits per heavy atom. The summed E-state index contributed by atoms with van der Waals surface area (Å²) in [5, 5.41) is 0. The summed E-state index contributed by atoms with van der Waals surface area (Å²) >= 11 is 0. The van der Waals surface area contributed by atoms with Gasteiger partial charge in [-0.1, -0.05) is 0 Å². The highest BCUT2D eigenvalue weighted by atomic mass is 13.8. The van der Waals surface area contributed by atoms with Gasteiger partial charge in [0.05, 0.1) is 0 Å². The molecule has 0 unspecified atom stereocenters. The molecule has 0 atom stereocenters. The van der Waals surface area contributed by atoms with Crippen LogP contribution in [0.3, 0.4) is 0 Å². The summed E-state index contributed by atoms with van der Waals surface area (Å²) in [5.74, 6) is 3.48. The average molecular weight is 67.1 g/mol. The van der Waals surface area contributed by atoms with Crippen LogP contribution < -0.4 is 0 Å². The molecule has 0 rings (SSSR count). The van der Waals surface area contributed by atoms with Gasteiger partial charge in [0.2, 0.25) is 0 Å². The maximum Gasteiger partial charge on any atom is -0.104 e. The van der Waals surface area contributed by atoms with Crippen molar-refractivity contribution < 1.29 is 0 Å². The predicted octanol–water partition coefficient (Wildman–Crippen LogP) is 1.23. The van der Waals surface area contributed by atoms with E-state index in [9.17, 15) is 0 Å². The number of hydrogen-bond acceptors (Lipinski definition) is 0. The monoisotopic (exact) mass is 67.1 g/mol. The fourth-order valence-electron chi connectivity index (χ4n) is 0. The van der Waals surface area contributed by atoms with E-state index in [1.165, 1.54) is 0 Å². The van der Waals surface area contributed by atoms with Crippen LogP contribution in [0.5, 0.6) is 0 Å². The van der Waals surface area contributed by atoms with E-state index < -0.39 is 0 Å². The Hall–Kier alpha value is -0.570. The Balaban J connectivity index is 2.94. The minimum atomic E-state index is 1.03. The minimum absolute atomic E-state index is 1.03. The number of rotatable bonds is 0. The zero-order chi connectivity index (χ0) is 4.28. The van der Waals surface area contributed by atoms with Crippen LogP contribution in [0.2, 0.25) is 0 Å². The summed E-state index contributed by atoms with van der Waals surface area (Å²) in [6, 6.07) is 0. The lowest BCUT2D eigenvalue weighted by atomic mass is 10.2. The van der Waals surface area contributed by atoms with Crippen LogP contribution >= 0.6 is 0 Å². The van der Waals surface area contributed by atoms with E-state index in [1.807, 2.05) is 13.8 Å². The smallest absolute Gasteiger partial charge is 0.104 e. The van der Waals surface area contributed by atoms with Gasteiger partial charge in [-0.2, -0.15) is 5.92 Å². The van der Waals surface area contributed by atoms with Gasteiger partial charge >= 0.3 is 0 Å². The Bertz CT molecular complexity index is 45.5. The van der Waals surface area contributed by atoms with E-state index in [2.05, 4.69) is 5.92 Å². The topological polar surface area (TPSA) is 0 Å². The zero-order valence-electron chi connectivity index (χ0n) is 3.58. The first-order valence-corrected chi connectivity index (χ1v) is 1.54. The van der Waals surface area contributed by atoms with Crippen molar-refractivity contribution in [3.05, 3.63) is 5.92 Å². The average Bonchev–Trinajstić information content (AvgIpc) is 1.38. The van der Waals surface area contributed by atoms with Crippen molar-refractivity contribution >= 4 is 0 Å². The second kappa shape index (κ2) is 1.72. The second-order valence-corrected chi connectivity index (χ2v) is 1.14. The van der Waals surface area contributed by atoms with Gasteiger partial charge in [0, 0.05) is 0 Å². The Morgan fingerprint density at radius 1 is 1.60 bits per heavy atom. The van der Waals surface area contributed by atoms with Crippen molar-refractivity contribution in [2.45, 2.75) is 13.8 Å². The molecule has 0 saturated heterocycles. The Kier molecular flexibility index (Phi) is 1.53. The highest BCUT2D eigenvalue weighted by Crippen LogP contribution is 1.85. The van der Waals surface area contributed by atoms with E-state index in [1.54, 1.807) is 0 Å². The molecule has 0 aromatic rings. The van der Waals surface area contributed by atoms with Crippen molar-refractivity contribution in [2.24, 2.45) is 0 Å². The summed E-state index contributed by atoms with van der Waals surface area (Å²) in [4.78, 5) is 0. The first-order chi connectivity index (χ1) is 2.27. The number of terminal acetylenes is 1. The lowest BCUT2D eigenvalue weighted by molar-refractivity contribution is 1.25. The zero-order valence-corrected chi connectivity index (χ0v) is 3.58. The van der Waals surface area contributed by atoms with Gasteiger partial charge in [-0.25, -0.2) is 0 Å². The van der Waals surface area contributed by atoms with Crippen LogP contribution in [0, 0.1) is 18.3 Å². The van der Waals surface area contributed by atoms with Crippen LogP contribution in [0.15, 0.2) is 0 Å². The first kappa shape index (κ1) is 4.43. The molecule has 0 bridgehead atoms. The minimum Gasteiger partial charge on any atom is -0.344 e. The van der Waals surface area contributed by atoms with E-state index >= 15 is 0 Å². The van der Waals surface area contributed by atoms with Gasteiger partial charge in [-0.05, 0) is 0 Å². The van der Waals surface area contributed by atoms with Crippen molar-refractivity contribution in [1.82, 2.24) is 0 Å². The van der Waals surface area contributed by atoms with Crippen LogP contribution in [-0.2, 0) is 0 Å². The van der Waals surface area contributed by atoms with Gasteiger partial charge in [-0.15, -0.1) is 13.8 Å². The summed E-state index contributed by atoms with van der Waals surface area (Å²) in [5.41, 5.74) is 0. The van der Waals surface area contributed by atoms with Gasteiger partial charge in [0.15, 0.2) is 0 Å². The largest absolute Gasteiger partial charge is 0.344 e. The molecule has 0 heteroatoms. The maximum atomic E-state index is 4.88. The Labute approximate surface area is 33.2 Å². The quantitative estimate of drug-likeness (QED) is 0.295. The second-order valence-electron chi connectivity index (χ2n) is 1.14. The molecular weight excluding hydrogens is 60.1 g/mol. The highest BCUT2D eigenvalue weighted by Gasteiger charge is 1.59. The predicted molar refractivity (Wildman–Crippen MR) is 23.4 cm³/mol. The normalized spacial score (nSPS) is 5.80. The summed E-state index contributed by atoms with van der Waals surface area (Å²) in [6.45, 7) is 3.81. The van der Waals surface area contributed by atoms with E-state index in [0.29, 0.717) is 0 Å². The van der Waals surface area contributed by atoms with Gasteiger partial charge < -0.3 is 6.42 Å². The molecule has 0 radical (unpaired) electrons. The van der Waals surface area contributed by atoms with Crippen LogP contribution in [0.4, 0.5) is 0 Å². The molecule has 0 heterocycles. The molecule has 0 aliphatic rings. The molecule has 0 saturated carbocycles. The van der Waals surface area contributed by atoms with E-state index in [0.717, 1.165) is 5.92 Å². The SMILES string of the molecule is C#C[C-](C)C.